The predicted molar refractivity (Wildman–Crippen MR) is 179 cm³/mol. The first-order chi connectivity index (χ1) is 19.9. The lowest BCUT2D eigenvalue weighted by molar-refractivity contribution is -0.149. The number of thiol groups is 1. The zero-order valence-corrected chi connectivity index (χ0v) is 28.1. The molecule has 0 aliphatic heterocycles. The fourth-order valence-electron chi connectivity index (χ4n) is 5.67. The molecular formula is C35H69NO4S. The first-order valence-electron chi connectivity index (χ1n) is 17.8. The van der Waals surface area contributed by atoms with E-state index in [1.54, 1.807) is 0 Å². The molecule has 0 aromatic heterocycles. The van der Waals surface area contributed by atoms with Crippen molar-refractivity contribution in [3.63, 3.8) is 0 Å². The molecule has 0 heterocycles. The van der Waals surface area contributed by atoms with Crippen molar-refractivity contribution in [1.29, 1.82) is 0 Å². The van der Waals surface area contributed by atoms with Crippen LogP contribution in [-0.2, 0) is 9.59 Å². The maximum atomic E-state index is 13.1. The molecule has 41 heavy (non-hydrogen) atoms. The van der Waals surface area contributed by atoms with E-state index in [2.05, 4.69) is 31.8 Å². The minimum absolute atomic E-state index is 0.0300. The molecule has 2 atom stereocenters. The average Bonchev–Trinajstić information content (AvgIpc) is 2.96. The molecule has 0 aliphatic rings. The summed E-state index contributed by atoms with van der Waals surface area (Å²) in [5, 5.41) is 23.5. The van der Waals surface area contributed by atoms with Gasteiger partial charge in [0.1, 0.15) is 6.04 Å². The van der Waals surface area contributed by atoms with Crippen LogP contribution in [0.4, 0.5) is 0 Å². The summed E-state index contributed by atoms with van der Waals surface area (Å²) in [6, 6.07) is -1.04. The molecule has 0 fully saturated rings. The second-order valence-corrected chi connectivity index (χ2v) is 12.9. The Balaban J connectivity index is 4.16. The van der Waals surface area contributed by atoms with Gasteiger partial charge < -0.3 is 10.2 Å². The lowest BCUT2D eigenvalue weighted by Gasteiger charge is -2.31. The molecule has 0 radical (unpaired) electrons. The van der Waals surface area contributed by atoms with Crippen molar-refractivity contribution in [1.82, 2.24) is 5.32 Å². The lowest BCUT2D eigenvalue weighted by atomic mass is 9.94. The third-order valence-electron chi connectivity index (χ3n) is 8.50. The van der Waals surface area contributed by atoms with Gasteiger partial charge in [0, 0.05) is 12.2 Å². The molecule has 0 spiro atoms. The third kappa shape index (κ3) is 24.5. The minimum atomic E-state index is -1.78. The van der Waals surface area contributed by atoms with Crippen LogP contribution in [0.1, 0.15) is 194 Å². The number of carbonyl (C=O) groups is 2. The van der Waals surface area contributed by atoms with Crippen LogP contribution in [0.3, 0.4) is 0 Å². The van der Waals surface area contributed by atoms with Crippen LogP contribution >= 0.6 is 12.6 Å². The number of carboxylic acid groups (broad SMARTS) is 1. The smallest absolute Gasteiger partial charge is 0.321 e. The fourth-order valence-corrected chi connectivity index (χ4v) is 5.92. The van der Waals surface area contributed by atoms with Gasteiger partial charge in [0.05, 0.1) is 0 Å². The highest BCUT2D eigenvalue weighted by molar-refractivity contribution is 7.80. The number of hydrogen-bond acceptors (Lipinski definition) is 5. The Hall–Kier alpha value is -0.590. The molecule has 5 nitrogen and oxygen atoms in total. The molecule has 3 N–H and O–H groups in total. The van der Waals surface area contributed by atoms with Gasteiger partial charge >= 0.3 is 5.97 Å². The standard InChI is InChI=1S/C35H69NO4S/c1-3-5-7-9-11-13-15-17-18-20-22-24-26-28-30-35(40,36-32(31-41)34(38)39)33(37)29-27-25-23-21-19-16-14-12-10-8-6-4-2/h32,36,40-41H,3-31H2,1-2H3,(H,38,39)/t32-,35?/m0/s1. The van der Waals surface area contributed by atoms with Crippen LogP contribution in [0.5, 0.6) is 0 Å². The van der Waals surface area contributed by atoms with Crippen LogP contribution in [0.2, 0.25) is 0 Å². The van der Waals surface area contributed by atoms with Crippen molar-refractivity contribution < 1.29 is 19.8 Å². The number of unbranched alkanes of at least 4 members (excludes halogenated alkanes) is 24. The molecular weight excluding hydrogens is 530 g/mol. The van der Waals surface area contributed by atoms with Crippen molar-refractivity contribution in [3.05, 3.63) is 0 Å². The molecule has 0 aromatic rings. The molecule has 0 saturated carbocycles. The van der Waals surface area contributed by atoms with Crippen molar-refractivity contribution in [2.24, 2.45) is 0 Å². The highest BCUT2D eigenvalue weighted by atomic mass is 32.1. The van der Waals surface area contributed by atoms with Crippen LogP contribution in [0.25, 0.3) is 0 Å². The molecule has 0 amide bonds. The number of carbonyl (C=O) groups excluding carboxylic acids is 1. The SMILES string of the molecule is CCCCCCCCCCCCCCCCC(O)(N[C@@H](CS)C(=O)O)C(=O)CCCCCCCCCCCCCC. The van der Waals surface area contributed by atoms with E-state index in [9.17, 15) is 19.8 Å². The molecule has 0 rings (SSSR count). The summed E-state index contributed by atoms with van der Waals surface area (Å²) in [6.07, 6.45) is 32.6. The van der Waals surface area contributed by atoms with Gasteiger partial charge in [0.25, 0.3) is 0 Å². The van der Waals surface area contributed by atoms with E-state index >= 15 is 0 Å². The van der Waals surface area contributed by atoms with Gasteiger partial charge in [-0.05, 0) is 19.3 Å². The monoisotopic (exact) mass is 599 g/mol. The number of rotatable bonds is 33. The van der Waals surface area contributed by atoms with Crippen molar-refractivity contribution >= 4 is 24.4 Å². The van der Waals surface area contributed by atoms with Crippen LogP contribution in [-0.4, -0.2) is 39.5 Å². The van der Waals surface area contributed by atoms with Crippen LogP contribution < -0.4 is 5.32 Å². The molecule has 1 unspecified atom stereocenters. The summed E-state index contributed by atoms with van der Waals surface area (Å²) in [6.45, 7) is 4.51. The molecule has 244 valence electrons. The molecule has 0 aliphatic carbocycles. The molecule has 6 heteroatoms. The normalized spacial score (nSPS) is 13.8. The van der Waals surface area contributed by atoms with Gasteiger partial charge in [-0.2, -0.15) is 12.6 Å². The minimum Gasteiger partial charge on any atom is -0.480 e. The maximum absolute atomic E-state index is 13.1. The Morgan fingerprint density at radius 3 is 1.22 bits per heavy atom. The van der Waals surface area contributed by atoms with Crippen LogP contribution in [0, 0.1) is 0 Å². The van der Waals surface area contributed by atoms with Gasteiger partial charge in [-0.15, -0.1) is 0 Å². The van der Waals surface area contributed by atoms with E-state index in [4.69, 9.17) is 0 Å². The Kier molecular flexibility index (Phi) is 29.1. The Labute approximate surface area is 260 Å². The highest BCUT2D eigenvalue weighted by Crippen LogP contribution is 2.21. The summed E-state index contributed by atoms with van der Waals surface area (Å²) in [7, 11) is 0. The van der Waals surface area contributed by atoms with Crippen molar-refractivity contribution in [2.45, 2.75) is 205 Å². The zero-order valence-electron chi connectivity index (χ0n) is 27.2. The van der Waals surface area contributed by atoms with E-state index in [1.807, 2.05) is 0 Å². The maximum Gasteiger partial charge on any atom is 0.321 e. The zero-order chi connectivity index (χ0) is 30.4. The van der Waals surface area contributed by atoms with Gasteiger partial charge in [0.2, 0.25) is 0 Å². The predicted octanol–water partition coefficient (Wildman–Crippen LogP) is 10.2. The van der Waals surface area contributed by atoms with Gasteiger partial charge in [-0.3, -0.25) is 14.9 Å². The first kappa shape index (κ1) is 40.4. The summed E-state index contributed by atoms with van der Waals surface area (Å²) < 4.78 is 0. The number of carboxylic acids is 1. The average molecular weight is 600 g/mol. The second-order valence-electron chi connectivity index (χ2n) is 12.5. The van der Waals surface area contributed by atoms with Gasteiger partial charge in [0.15, 0.2) is 11.5 Å². The number of aliphatic hydroxyl groups is 1. The largest absolute Gasteiger partial charge is 0.480 e. The van der Waals surface area contributed by atoms with E-state index in [0.29, 0.717) is 12.8 Å². The third-order valence-corrected chi connectivity index (χ3v) is 8.87. The summed E-state index contributed by atoms with van der Waals surface area (Å²) in [5.74, 6) is -1.33. The number of hydrogen-bond donors (Lipinski definition) is 4. The summed E-state index contributed by atoms with van der Waals surface area (Å²) in [4.78, 5) is 24.6. The number of ketones is 1. The second kappa shape index (κ2) is 29.5. The Morgan fingerprint density at radius 2 is 0.902 bits per heavy atom. The van der Waals surface area contributed by atoms with E-state index in [1.165, 1.54) is 128 Å². The number of aliphatic carboxylic acids is 1. The van der Waals surface area contributed by atoms with E-state index < -0.39 is 17.7 Å². The lowest BCUT2D eigenvalue weighted by Crippen LogP contribution is -2.58. The number of Topliss-reactive ketones (excluding diaryl/α,β-unsaturated/α-hetero) is 1. The highest BCUT2D eigenvalue weighted by Gasteiger charge is 2.37. The van der Waals surface area contributed by atoms with Crippen molar-refractivity contribution in [3.8, 4) is 0 Å². The van der Waals surface area contributed by atoms with Crippen molar-refractivity contribution in [2.75, 3.05) is 5.75 Å². The topological polar surface area (TPSA) is 86.6 Å². The first-order valence-corrected chi connectivity index (χ1v) is 18.4. The summed E-state index contributed by atoms with van der Waals surface area (Å²) in [5.41, 5.74) is -1.78. The van der Waals surface area contributed by atoms with E-state index in [0.717, 1.165) is 32.1 Å². The van der Waals surface area contributed by atoms with Crippen LogP contribution in [0.15, 0.2) is 0 Å². The molecule has 0 bridgehead atoms. The fraction of sp³-hybridized carbons (Fsp3) is 0.943. The quantitative estimate of drug-likeness (QED) is 0.0342. The number of nitrogens with one attached hydrogen (secondary N) is 1. The Bertz CT molecular complexity index is 603. The Morgan fingerprint density at radius 1 is 0.585 bits per heavy atom. The van der Waals surface area contributed by atoms with Gasteiger partial charge in [-0.25, -0.2) is 0 Å². The van der Waals surface area contributed by atoms with Gasteiger partial charge in [-0.1, -0.05) is 168 Å². The van der Waals surface area contributed by atoms with E-state index in [-0.39, 0.29) is 18.0 Å². The molecule has 0 saturated heterocycles. The summed E-state index contributed by atoms with van der Waals surface area (Å²) >= 11 is 4.12. The molecule has 0 aromatic carbocycles.